The van der Waals surface area contributed by atoms with Gasteiger partial charge >= 0.3 is 0 Å². The Labute approximate surface area is 270 Å². The highest BCUT2D eigenvalue weighted by Crippen LogP contribution is 2.63. The molecule has 2 aromatic heterocycles. The van der Waals surface area contributed by atoms with E-state index in [9.17, 15) is 0 Å². The number of rotatable bonds is 4. The van der Waals surface area contributed by atoms with Gasteiger partial charge in [0.2, 0.25) is 0 Å². The standard InChI is InChI=1S/C42H38N4/c1-40(2)32-24-25-34-35(36(32)41(3,4)42(40,5)6)31-22-13-14-23-33(31)46(34)30-21-15-20-29(26-30)39-44-37(27-16-9-7-10-17-27)43-38(45-39)28-18-11-8-12-19-28/h7-26H,1-6H3. The van der Waals surface area contributed by atoms with E-state index in [1.165, 1.54) is 32.9 Å². The fraction of sp³-hybridized carbons (Fsp3) is 0.214. The van der Waals surface area contributed by atoms with Crippen molar-refractivity contribution in [3.05, 3.63) is 132 Å². The molecule has 0 spiro atoms. The van der Waals surface area contributed by atoms with E-state index in [4.69, 9.17) is 15.0 Å². The van der Waals surface area contributed by atoms with Crippen LogP contribution in [0.15, 0.2) is 121 Å². The molecule has 0 fully saturated rings. The summed E-state index contributed by atoms with van der Waals surface area (Å²) in [5, 5.41) is 2.65. The zero-order valence-electron chi connectivity index (χ0n) is 27.3. The van der Waals surface area contributed by atoms with Crippen molar-refractivity contribution in [3.63, 3.8) is 0 Å². The second-order valence-electron chi connectivity index (χ2n) is 14.2. The van der Waals surface area contributed by atoms with Crippen molar-refractivity contribution in [1.82, 2.24) is 19.5 Å². The lowest BCUT2D eigenvalue weighted by Crippen LogP contribution is -2.42. The zero-order chi connectivity index (χ0) is 31.8. The molecule has 0 amide bonds. The van der Waals surface area contributed by atoms with Crippen molar-refractivity contribution in [3.8, 4) is 39.9 Å². The minimum Gasteiger partial charge on any atom is -0.309 e. The van der Waals surface area contributed by atoms with Gasteiger partial charge in [-0.15, -0.1) is 0 Å². The second kappa shape index (κ2) is 9.95. The highest BCUT2D eigenvalue weighted by molar-refractivity contribution is 6.12. The predicted octanol–water partition coefficient (Wildman–Crippen LogP) is 10.6. The van der Waals surface area contributed by atoms with Crippen molar-refractivity contribution >= 4 is 21.8 Å². The van der Waals surface area contributed by atoms with Gasteiger partial charge in [-0.05, 0) is 51.6 Å². The number of hydrogen-bond acceptors (Lipinski definition) is 3. The molecule has 0 saturated heterocycles. The van der Waals surface area contributed by atoms with E-state index in [1.807, 2.05) is 60.7 Å². The molecule has 4 nitrogen and oxygen atoms in total. The van der Waals surface area contributed by atoms with E-state index < -0.39 is 0 Å². The number of hydrogen-bond donors (Lipinski definition) is 0. The highest BCUT2D eigenvalue weighted by Gasteiger charge is 2.57. The van der Waals surface area contributed by atoms with Gasteiger partial charge in [0.15, 0.2) is 17.5 Å². The normalized spacial score (nSPS) is 16.1. The second-order valence-corrected chi connectivity index (χ2v) is 14.2. The molecule has 4 heteroatoms. The third-order valence-corrected chi connectivity index (χ3v) is 11.3. The molecule has 1 aliphatic carbocycles. The minimum absolute atomic E-state index is 0.0191. The summed E-state index contributed by atoms with van der Waals surface area (Å²) in [6.07, 6.45) is 0. The van der Waals surface area contributed by atoms with Crippen LogP contribution in [0.1, 0.15) is 52.7 Å². The van der Waals surface area contributed by atoms with Crippen molar-refractivity contribution in [2.75, 3.05) is 0 Å². The van der Waals surface area contributed by atoms with Crippen molar-refractivity contribution in [1.29, 1.82) is 0 Å². The molecule has 0 atom stereocenters. The van der Waals surface area contributed by atoms with Gasteiger partial charge in [0.1, 0.15) is 0 Å². The number of aromatic nitrogens is 4. The first-order chi connectivity index (χ1) is 22.1. The average molecular weight is 599 g/mol. The first-order valence-electron chi connectivity index (χ1n) is 16.1. The Morgan fingerprint density at radius 3 is 1.65 bits per heavy atom. The number of fused-ring (bicyclic) bond motifs is 5. The molecule has 8 rings (SSSR count). The lowest BCUT2D eigenvalue weighted by Gasteiger charge is -2.44. The van der Waals surface area contributed by atoms with Gasteiger partial charge in [-0.1, -0.05) is 139 Å². The van der Waals surface area contributed by atoms with Gasteiger partial charge < -0.3 is 4.57 Å². The summed E-state index contributed by atoms with van der Waals surface area (Å²) in [6, 6.07) is 42.5. The summed E-state index contributed by atoms with van der Waals surface area (Å²) in [5.41, 5.74) is 9.41. The molecular weight excluding hydrogens is 560 g/mol. The molecule has 46 heavy (non-hydrogen) atoms. The lowest BCUT2D eigenvalue weighted by atomic mass is 9.59. The Morgan fingerprint density at radius 2 is 1.02 bits per heavy atom. The van der Waals surface area contributed by atoms with E-state index >= 15 is 0 Å². The van der Waals surface area contributed by atoms with Crippen LogP contribution in [0.5, 0.6) is 0 Å². The van der Waals surface area contributed by atoms with E-state index in [-0.39, 0.29) is 16.2 Å². The van der Waals surface area contributed by atoms with Crippen molar-refractivity contribution < 1.29 is 0 Å². The Morgan fingerprint density at radius 1 is 0.478 bits per heavy atom. The summed E-state index contributed by atoms with van der Waals surface area (Å²) >= 11 is 0. The molecule has 0 bridgehead atoms. The Bertz CT molecular complexity index is 2220. The largest absolute Gasteiger partial charge is 0.309 e. The maximum atomic E-state index is 5.01. The van der Waals surface area contributed by atoms with Crippen LogP contribution in [-0.2, 0) is 10.8 Å². The number of benzene rings is 5. The average Bonchev–Trinajstić information content (AvgIpc) is 3.47. The molecule has 7 aromatic rings. The third-order valence-electron chi connectivity index (χ3n) is 11.3. The zero-order valence-corrected chi connectivity index (χ0v) is 27.3. The molecule has 0 N–H and O–H groups in total. The minimum atomic E-state index is -0.0191. The first kappa shape index (κ1) is 28.4. The molecule has 0 radical (unpaired) electrons. The van der Waals surface area contributed by atoms with Gasteiger partial charge in [0.05, 0.1) is 11.0 Å². The maximum Gasteiger partial charge on any atom is 0.164 e. The number of nitrogens with zero attached hydrogens (tertiary/aromatic N) is 4. The van der Waals surface area contributed by atoms with Crippen LogP contribution in [0.25, 0.3) is 61.7 Å². The van der Waals surface area contributed by atoms with Crippen LogP contribution in [0, 0.1) is 5.41 Å². The molecule has 2 heterocycles. The summed E-state index contributed by atoms with van der Waals surface area (Å²) in [5.74, 6) is 1.98. The molecule has 0 unspecified atom stereocenters. The van der Waals surface area contributed by atoms with Gasteiger partial charge in [0, 0.05) is 33.2 Å². The highest BCUT2D eigenvalue weighted by atomic mass is 15.0. The summed E-state index contributed by atoms with van der Waals surface area (Å²) in [7, 11) is 0. The van der Waals surface area contributed by atoms with Gasteiger partial charge in [-0.2, -0.15) is 0 Å². The monoisotopic (exact) mass is 598 g/mol. The lowest BCUT2D eigenvalue weighted by molar-refractivity contribution is 0.125. The van der Waals surface area contributed by atoms with Crippen LogP contribution in [0.3, 0.4) is 0 Å². The maximum absolute atomic E-state index is 5.01. The van der Waals surface area contributed by atoms with E-state index in [0.717, 1.165) is 22.4 Å². The van der Waals surface area contributed by atoms with Crippen LogP contribution in [0.2, 0.25) is 0 Å². The van der Waals surface area contributed by atoms with Crippen LogP contribution in [-0.4, -0.2) is 19.5 Å². The van der Waals surface area contributed by atoms with E-state index in [0.29, 0.717) is 17.5 Å². The third kappa shape index (κ3) is 3.95. The van der Waals surface area contributed by atoms with Crippen LogP contribution >= 0.6 is 0 Å². The Balaban J connectivity index is 1.36. The van der Waals surface area contributed by atoms with Crippen LogP contribution in [0.4, 0.5) is 0 Å². The fourth-order valence-electron chi connectivity index (χ4n) is 7.66. The molecule has 0 aliphatic heterocycles. The predicted molar refractivity (Wildman–Crippen MR) is 190 cm³/mol. The van der Waals surface area contributed by atoms with E-state index in [2.05, 4.69) is 107 Å². The van der Waals surface area contributed by atoms with Gasteiger partial charge in [-0.3, -0.25) is 0 Å². The summed E-state index contributed by atoms with van der Waals surface area (Å²) in [6.45, 7) is 14.6. The first-order valence-corrected chi connectivity index (χ1v) is 16.1. The van der Waals surface area contributed by atoms with Crippen molar-refractivity contribution in [2.45, 2.75) is 52.4 Å². The quantitative estimate of drug-likeness (QED) is 0.202. The van der Waals surface area contributed by atoms with E-state index in [1.54, 1.807) is 0 Å². The topological polar surface area (TPSA) is 43.6 Å². The fourth-order valence-corrected chi connectivity index (χ4v) is 7.66. The molecule has 226 valence electrons. The smallest absolute Gasteiger partial charge is 0.164 e. The number of para-hydroxylation sites is 1. The molecule has 5 aromatic carbocycles. The summed E-state index contributed by atoms with van der Waals surface area (Å²) in [4.78, 5) is 14.9. The van der Waals surface area contributed by atoms with Gasteiger partial charge in [0.25, 0.3) is 0 Å². The SMILES string of the molecule is CC1(C)c2ccc3c(c2C(C)(C)C1(C)C)c1ccccc1n3-c1cccc(-c2nc(-c3ccccc3)nc(-c3ccccc3)n2)c1. The Hall–Kier alpha value is -5.09. The molecule has 0 saturated carbocycles. The molecular formula is C42H38N4. The van der Waals surface area contributed by atoms with Crippen molar-refractivity contribution in [2.24, 2.45) is 5.41 Å². The van der Waals surface area contributed by atoms with Crippen LogP contribution < -0.4 is 0 Å². The summed E-state index contributed by atoms with van der Waals surface area (Å²) < 4.78 is 2.42. The van der Waals surface area contributed by atoms with Gasteiger partial charge in [-0.25, -0.2) is 15.0 Å². The Kier molecular flexibility index (Phi) is 6.14. The molecule has 1 aliphatic rings.